The molecule has 0 aromatic rings. The number of unbranched alkanes of at least 4 members (excludes halogenated alkanes) is 3. The lowest BCUT2D eigenvalue weighted by Gasteiger charge is -2.39. The first-order chi connectivity index (χ1) is 10.2. The molecule has 1 spiro atoms. The number of hydrogen-bond donors (Lipinski definition) is 1. The second-order valence-corrected chi connectivity index (χ2v) is 8.06. The summed E-state index contributed by atoms with van der Waals surface area (Å²) in [5.41, 5.74) is 0.790. The zero-order valence-electron chi connectivity index (χ0n) is 14.6. The van der Waals surface area contributed by atoms with Crippen molar-refractivity contribution in [1.29, 1.82) is 0 Å². The Bertz CT molecular complexity index is 259. The van der Waals surface area contributed by atoms with Gasteiger partial charge < -0.3 is 10.2 Å². The zero-order valence-corrected chi connectivity index (χ0v) is 14.6. The molecule has 2 nitrogen and oxygen atoms in total. The molecule has 0 amide bonds. The Morgan fingerprint density at radius 2 is 1.57 bits per heavy atom. The Labute approximate surface area is 133 Å². The fourth-order valence-electron chi connectivity index (χ4n) is 4.21. The fourth-order valence-corrected chi connectivity index (χ4v) is 4.21. The number of likely N-dealkylation sites (tertiary alicyclic amines) is 1. The van der Waals surface area contributed by atoms with Gasteiger partial charge in [-0.25, -0.2) is 0 Å². The molecule has 0 atom stereocenters. The van der Waals surface area contributed by atoms with Crippen molar-refractivity contribution in [3.8, 4) is 0 Å². The van der Waals surface area contributed by atoms with Gasteiger partial charge in [-0.05, 0) is 82.6 Å². The first-order valence-electron chi connectivity index (χ1n) is 9.63. The molecule has 1 aliphatic heterocycles. The van der Waals surface area contributed by atoms with Crippen molar-refractivity contribution in [3.63, 3.8) is 0 Å². The van der Waals surface area contributed by atoms with Crippen LogP contribution in [0, 0.1) is 11.3 Å². The summed E-state index contributed by atoms with van der Waals surface area (Å²) in [4.78, 5) is 2.74. The van der Waals surface area contributed by atoms with Crippen molar-refractivity contribution in [3.05, 3.63) is 0 Å². The van der Waals surface area contributed by atoms with Crippen molar-refractivity contribution in [2.75, 3.05) is 32.7 Å². The average molecular weight is 295 g/mol. The molecule has 124 valence electrons. The molecule has 2 fully saturated rings. The van der Waals surface area contributed by atoms with Gasteiger partial charge in [-0.3, -0.25) is 0 Å². The van der Waals surface area contributed by atoms with Gasteiger partial charge in [0.15, 0.2) is 0 Å². The summed E-state index contributed by atoms with van der Waals surface area (Å²) in [6.45, 7) is 11.1. The van der Waals surface area contributed by atoms with Crippen LogP contribution in [0.3, 0.4) is 0 Å². The minimum Gasteiger partial charge on any atom is -0.316 e. The maximum absolute atomic E-state index is 3.54. The molecule has 0 bridgehead atoms. The van der Waals surface area contributed by atoms with E-state index >= 15 is 0 Å². The summed E-state index contributed by atoms with van der Waals surface area (Å²) in [5.74, 6) is 0.785. The number of nitrogens with one attached hydrogen (secondary N) is 1. The third-order valence-electron chi connectivity index (χ3n) is 5.71. The minimum absolute atomic E-state index is 0.785. The van der Waals surface area contributed by atoms with E-state index in [0.717, 1.165) is 11.3 Å². The lowest BCUT2D eigenvalue weighted by molar-refractivity contribution is 0.107. The van der Waals surface area contributed by atoms with Gasteiger partial charge >= 0.3 is 0 Å². The Kier molecular flexibility index (Phi) is 7.53. The molecular formula is C19H38N2. The van der Waals surface area contributed by atoms with Crippen molar-refractivity contribution < 1.29 is 0 Å². The Morgan fingerprint density at radius 3 is 2.24 bits per heavy atom. The molecule has 2 rings (SSSR count). The molecule has 21 heavy (non-hydrogen) atoms. The van der Waals surface area contributed by atoms with Gasteiger partial charge in [-0.1, -0.05) is 39.5 Å². The smallest absolute Gasteiger partial charge is 0.00134 e. The first-order valence-corrected chi connectivity index (χ1v) is 9.63. The summed E-state index contributed by atoms with van der Waals surface area (Å²) in [5, 5.41) is 3.54. The van der Waals surface area contributed by atoms with Gasteiger partial charge in [-0.2, -0.15) is 0 Å². The van der Waals surface area contributed by atoms with E-state index in [2.05, 4.69) is 24.1 Å². The molecule has 0 unspecified atom stereocenters. The van der Waals surface area contributed by atoms with Crippen LogP contribution in [0.2, 0.25) is 0 Å². The van der Waals surface area contributed by atoms with Crippen molar-refractivity contribution in [2.45, 2.75) is 78.1 Å². The van der Waals surface area contributed by atoms with Crippen LogP contribution in [0.5, 0.6) is 0 Å². The fraction of sp³-hybridized carbons (Fsp3) is 1.00. The van der Waals surface area contributed by atoms with Crippen LogP contribution < -0.4 is 5.32 Å². The third kappa shape index (κ3) is 6.28. The quantitative estimate of drug-likeness (QED) is 0.632. The van der Waals surface area contributed by atoms with Crippen LogP contribution in [0.25, 0.3) is 0 Å². The van der Waals surface area contributed by atoms with E-state index in [1.165, 1.54) is 96.9 Å². The molecular weight excluding hydrogens is 256 g/mol. The third-order valence-corrected chi connectivity index (χ3v) is 5.71. The van der Waals surface area contributed by atoms with Crippen LogP contribution >= 0.6 is 0 Å². The topological polar surface area (TPSA) is 15.3 Å². The highest BCUT2D eigenvalue weighted by Crippen LogP contribution is 2.46. The van der Waals surface area contributed by atoms with Gasteiger partial charge in [0, 0.05) is 0 Å². The van der Waals surface area contributed by atoms with E-state index in [1.807, 2.05) is 0 Å². The second-order valence-electron chi connectivity index (χ2n) is 8.06. The second kappa shape index (κ2) is 9.15. The van der Waals surface area contributed by atoms with Crippen molar-refractivity contribution in [2.24, 2.45) is 11.3 Å². The van der Waals surface area contributed by atoms with E-state index in [-0.39, 0.29) is 0 Å². The summed E-state index contributed by atoms with van der Waals surface area (Å²) < 4.78 is 0. The lowest BCUT2D eigenvalue weighted by Crippen LogP contribution is -2.39. The molecule has 0 radical (unpaired) electrons. The average Bonchev–Trinajstić information content (AvgIpc) is 2.92. The van der Waals surface area contributed by atoms with Crippen molar-refractivity contribution >= 4 is 0 Å². The SMILES string of the molecule is CC(C)CNCCCCCCN1CCC2(CCCC2)CC1. The Balaban J connectivity index is 1.42. The van der Waals surface area contributed by atoms with Gasteiger partial charge in [0.2, 0.25) is 0 Å². The summed E-state index contributed by atoms with van der Waals surface area (Å²) in [7, 11) is 0. The molecule has 0 aromatic carbocycles. The highest BCUT2D eigenvalue weighted by Gasteiger charge is 2.36. The molecule has 1 heterocycles. The normalized spacial score (nSPS) is 22.4. The maximum Gasteiger partial charge on any atom is -0.00134 e. The summed E-state index contributed by atoms with van der Waals surface area (Å²) in [6.07, 6.45) is 14.7. The Hall–Kier alpha value is -0.0800. The standard InChI is InChI=1S/C19H38N2/c1-18(2)17-20-13-7-3-4-8-14-21-15-11-19(12-16-21)9-5-6-10-19/h18,20H,3-17H2,1-2H3. The van der Waals surface area contributed by atoms with Crippen LogP contribution in [0.1, 0.15) is 78.1 Å². The molecule has 1 N–H and O–H groups in total. The summed E-state index contributed by atoms with van der Waals surface area (Å²) in [6, 6.07) is 0. The zero-order chi connectivity index (χ0) is 15.0. The predicted octanol–water partition coefficient (Wildman–Crippen LogP) is 4.45. The first kappa shape index (κ1) is 17.3. The highest BCUT2D eigenvalue weighted by atomic mass is 15.1. The van der Waals surface area contributed by atoms with Crippen molar-refractivity contribution in [1.82, 2.24) is 10.2 Å². The van der Waals surface area contributed by atoms with Crippen LogP contribution in [0.15, 0.2) is 0 Å². The minimum atomic E-state index is 0.785. The lowest BCUT2D eigenvalue weighted by atomic mass is 9.77. The number of rotatable bonds is 9. The number of piperidine rings is 1. The maximum atomic E-state index is 3.54. The van der Waals surface area contributed by atoms with Gasteiger partial charge in [0.05, 0.1) is 0 Å². The van der Waals surface area contributed by atoms with Gasteiger partial charge in [0.25, 0.3) is 0 Å². The monoisotopic (exact) mass is 294 g/mol. The van der Waals surface area contributed by atoms with Gasteiger partial charge in [0.1, 0.15) is 0 Å². The largest absolute Gasteiger partial charge is 0.316 e. The summed E-state index contributed by atoms with van der Waals surface area (Å²) >= 11 is 0. The number of hydrogen-bond acceptors (Lipinski definition) is 2. The molecule has 2 aliphatic rings. The van der Waals surface area contributed by atoms with E-state index in [0.29, 0.717) is 0 Å². The van der Waals surface area contributed by atoms with E-state index in [1.54, 1.807) is 0 Å². The van der Waals surface area contributed by atoms with E-state index < -0.39 is 0 Å². The van der Waals surface area contributed by atoms with E-state index in [9.17, 15) is 0 Å². The predicted molar refractivity (Wildman–Crippen MR) is 92.8 cm³/mol. The molecule has 1 aliphatic carbocycles. The molecule has 2 heteroatoms. The van der Waals surface area contributed by atoms with Crippen LogP contribution in [-0.2, 0) is 0 Å². The van der Waals surface area contributed by atoms with E-state index in [4.69, 9.17) is 0 Å². The molecule has 1 saturated carbocycles. The van der Waals surface area contributed by atoms with Gasteiger partial charge in [-0.15, -0.1) is 0 Å². The van der Waals surface area contributed by atoms with Crippen LogP contribution in [-0.4, -0.2) is 37.6 Å². The number of nitrogens with zero attached hydrogens (tertiary/aromatic N) is 1. The van der Waals surface area contributed by atoms with Crippen LogP contribution in [0.4, 0.5) is 0 Å². The Morgan fingerprint density at radius 1 is 0.905 bits per heavy atom. The highest BCUT2D eigenvalue weighted by molar-refractivity contribution is 4.89. The molecule has 1 saturated heterocycles. The molecule has 0 aromatic heterocycles.